The van der Waals surface area contributed by atoms with E-state index in [1.807, 2.05) is 6.92 Å². The highest BCUT2D eigenvalue weighted by atomic mass is 16.6. The summed E-state index contributed by atoms with van der Waals surface area (Å²) in [6.07, 6.45) is 0.394. The molecule has 0 aromatic rings. The molecule has 0 aliphatic carbocycles. The van der Waals surface area contributed by atoms with Gasteiger partial charge in [-0.3, -0.25) is 5.41 Å². The molecule has 0 heterocycles. The van der Waals surface area contributed by atoms with Gasteiger partial charge >= 0.3 is 5.97 Å². The van der Waals surface area contributed by atoms with Crippen molar-refractivity contribution >= 4 is 11.7 Å². The Morgan fingerprint density at radius 2 is 2.00 bits per heavy atom. The van der Waals surface area contributed by atoms with Crippen LogP contribution in [0.25, 0.3) is 0 Å². The quantitative estimate of drug-likeness (QED) is 0.532. The van der Waals surface area contributed by atoms with E-state index in [-0.39, 0.29) is 11.8 Å². The fourth-order valence-electron chi connectivity index (χ4n) is 0.831. The molecule has 82 valence electrons. The Morgan fingerprint density at radius 3 is 2.36 bits per heavy atom. The van der Waals surface area contributed by atoms with Gasteiger partial charge in [-0.1, -0.05) is 0 Å². The molecule has 14 heavy (non-hydrogen) atoms. The van der Waals surface area contributed by atoms with Crippen LogP contribution in [-0.2, 0) is 9.53 Å². The van der Waals surface area contributed by atoms with E-state index in [9.17, 15) is 4.79 Å². The van der Waals surface area contributed by atoms with Gasteiger partial charge in [0.2, 0.25) is 0 Å². The van der Waals surface area contributed by atoms with E-state index < -0.39 is 11.6 Å². The van der Waals surface area contributed by atoms with Gasteiger partial charge in [-0.15, -0.1) is 0 Å². The fourth-order valence-corrected chi connectivity index (χ4v) is 0.831. The third-order valence-corrected chi connectivity index (χ3v) is 1.65. The van der Waals surface area contributed by atoms with Crippen molar-refractivity contribution in [2.75, 3.05) is 7.05 Å². The van der Waals surface area contributed by atoms with Crippen molar-refractivity contribution in [1.82, 2.24) is 5.32 Å². The van der Waals surface area contributed by atoms with Crippen molar-refractivity contribution in [3.63, 3.8) is 0 Å². The third kappa shape index (κ3) is 5.70. The Bertz CT molecular complexity index is 219. The average molecular weight is 200 g/mol. The molecule has 0 spiro atoms. The zero-order valence-electron chi connectivity index (χ0n) is 9.60. The van der Waals surface area contributed by atoms with Crippen LogP contribution in [0.4, 0.5) is 0 Å². The maximum absolute atomic E-state index is 11.3. The van der Waals surface area contributed by atoms with Crippen LogP contribution in [-0.4, -0.2) is 30.4 Å². The first-order valence-corrected chi connectivity index (χ1v) is 4.74. The van der Waals surface area contributed by atoms with Crippen LogP contribution in [0.3, 0.4) is 0 Å². The highest BCUT2D eigenvalue weighted by Gasteiger charge is 2.20. The molecule has 0 aliphatic heterocycles. The van der Waals surface area contributed by atoms with Gasteiger partial charge in [0.25, 0.3) is 0 Å². The minimum absolute atomic E-state index is 0.0155. The third-order valence-electron chi connectivity index (χ3n) is 1.65. The summed E-state index contributed by atoms with van der Waals surface area (Å²) in [5.74, 6) is -0.528. The number of nitrogens with one attached hydrogen (secondary N) is 2. The molecule has 1 unspecified atom stereocenters. The van der Waals surface area contributed by atoms with Crippen LogP contribution in [0, 0.1) is 5.41 Å². The summed E-state index contributed by atoms with van der Waals surface area (Å²) >= 11 is 0. The zero-order chi connectivity index (χ0) is 11.4. The molecule has 0 aromatic heterocycles. The van der Waals surface area contributed by atoms with Crippen LogP contribution < -0.4 is 5.32 Å². The zero-order valence-corrected chi connectivity index (χ0v) is 9.60. The number of carbonyl (C=O) groups excluding carboxylic acids is 1. The first-order valence-electron chi connectivity index (χ1n) is 4.74. The van der Waals surface area contributed by atoms with Crippen LogP contribution in [0.5, 0.6) is 0 Å². The van der Waals surface area contributed by atoms with Gasteiger partial charge in [0, 0.05) is 12.5 Å². The number of hydrogen-bond acceptors (Lipinski definition) is 4. The Balaban J connectivity index is 4.08. The molecule has 0 aromatic carbocycles. The van der Waals surface area contributed by atoms with E-state index in [0.29, 0.717) is 6.42 Å². The lowest BCUT2D eigenvalue weighted by Crippen LogP contribution is -2.32. The van der Waals surface area contributed by atoms with Crippen molar-refractivity contribution < 1.29 is 9.53 Å². The van der Waals surface area contributed by atoms with Crippen molar-refractivity contribution in [3.05, 3.63) is 0 Å². The molecule has 4 heteroatoms. The average Bonchev–Trinajstić information content (AvgIpc) is 2.00. The lowest BCUT2D eigenvalue weighted by atomic mass is 10.1. The van der Waals surface area contributed by atoms with Gasteiger partial charge in [-0.25, -0.2) is 4.79 Å². The summed E-state index contributed by atoms with van der Waals surface area (Å²) in [5, 5.41) is 10.5. The Kier molecular flexibility index (Phi) is 4.77. The highest BCUT2D eigenvalue weighted by molar-refractivity contribution is 6.35. The first kappa shape index (κ1) is 13.1. The summed E-state index contributed by atoms with van der Waals surface area (Å²) in [4.78, 5) is 11.3. The predicted octanol–water partition coefficient (Wildman–Crippen LogP) is 1.35. The molecular formula is C10H20N2O2. The molecule has 0 bridgehead atoms. The van der Waals surface area contributed by atoms with E-state index in [1.54, 1.807) is 27.8 Å². The van der Waals surface area contributed by atoms with Crippen LogP contribution in [0.1, 0.15) is 34.1 Å². The van der Waals surface area contributed by atoms with Crippen molar-refractivity contribution in [2.24, 2.45) is 0 Å². The van der Waals surface area contributed by atoms with Crippen LogP contribution >= 0.6 is 0 Å². The summed E-state index contributed by atoms with van der Waals surface area (Å²) in [5.41, 5.74) is -0.506. The monoisotopic (exact) mass is 200 g/mol. The van der Waals surface area contributed by atoms with E-state index in [0.717, 1.165) is 0 Å². The normalized spacial score (nSPS) is 13.5. The lowest BCUT2D eigenvalue weighted by Gasteiger charge is -2.20. The predicted molar refractivity (Wildman–Crippen MR) is 56.7 cm³/mol. The number of hydrogen-bond donors (Lipinski definition) is 2. The van der Waals surface area contributed by atoms with Crippen molar-refractivity contribution in [1.29, 1.82) is 5.41 Å². The van der Waals surface area contributed by atoms with E-state index in [2.05, 4.69) is 5.32 Å². The van der Waals surface area contributed by atoms with Gasteiger partial charge in [0.15, 0.2) is 0 Å². The van der Waals surface area contributed by atoms with E-state index in [4.69, 9.17) is 10.1 Å². The SMILES string of the molecule is CNC(C)CC(=N)C(=O)OC(C)(C)C. The second-order valence-corrected chi connectivity index (χ2v) is 4.37. The van der Waals surface area contributed by atoms with Gasteiger partial charge in [0.05, 0.1) is 0 Å². The highest BCUT2D eigenvalue weighted by Crippen LogP contribution is 2.08. The molecule has 0 amide bonds. The molecule has 2 N–H and O–H groups in total. The molecule has 0 saturated carbocycles. The van der Waals surface area contributed by atoms with E-state index in [1.165, 1.54) is 0 Å². The first-order chi connectivity index (χ1) is 6.26. The molecule has 1 atom stereocenters. The molecule has 0 saturated heterocycles. The van der Waals surface area contributed by atoms with Crippen molar-refractivity contribution in [3.8, 4) is 0 Å². The minimum atomic E-state index is -0.528. The number of ether oxygens (including phenoxy) is 1. The summed E-state index contributed by atoms with van der Waals surface area (Å²) in [6.45, 7) is 7.29. The molecular weight excluding hydrogens is 180 g/mol. The van der Waals surface area contributed by atoms with Crippen LogP contribution in [0.2, 0.25) is 0 Å². The maximum atomic E-state index is 11.3. The van der Waals surface area contributed by atoms with Gasteiger partial charge in [-0.2, -0.15) is 0 Å². The topological polar surface area (TPSA) is 62.2 Å². The summed E-state index contributed by atoms with van der Waals surface area (Å²) in [6, 6.07) is 0.120. The Labute approximate surface area is 85.5 Å². The maximum Gasteiger partial charge on any atom is 0.352 e. The van der Waals surface area contributed by atoms with Crippen LogP contribution in [0.15, 0.2) is 0 Å². The molecule has 4 nitrogen and oxygen atoms in total. The largest absolute Gasteiger partial charge is 0.456 e. The van der Waals surface area contributed by atoms with Gasteiger partial charge in [-0.05, 0) is 34.7 Å². The second-order valence-electron chi connectivity index (χ2n) is 4.37. The number of rotatable bonds is 4. The number of carbonyl (C=O) groups is 1. The smallest absolute Gasteiger partial charge is 0.352 e. The second kappa shape index (κ2) is 5.10. The molecule has 0 fully saturated rings. The Hall–Kier alpha value is -0.900. The summed E-state index contributed by atoms with van der Waals surface area (Å²) in [7, 11) is 1.80. The lowest BCUT2D eigenvalue weighted by molar-refractivity contribution is -0.146. The van der Waals surface area contributed by atoms with Crippen molar-refractivity contribution in [2.45, 2.75) is 45.8 Å². The Morgan fingerprint density at radius 1 is 1.50 bits per heavy atom. The molecule has 0 aliphatic rings. The minimum Gasteiger partial charge on any atom is -0.456 e. The molecule has 0 rings (SSSR count). The standard InChI is InChI=1S/C10H20N2O2/c1-7(12-5)6-8(11)9(13)14-10(2,3)4/h7,11-12H,6H2,1-5H3. The van der Waals surface area contributed by atoms with Gasteiger partial charge in [0.1, 0.15) is 11.3 Å². The van der Waals surface area contributed by atoms with Gasteiger partial charge < -0.3 is 10.1 Å². The van der Waals surface area contributed by atoms with E-state index >= 15 is 0 Å². The number of esters is 1. The fraction of sp³-hybridized carbons (Fsp3) is 0.800. The summed E-state index contributed by atoms with van der Waals surface area (Å²) < 4.78 is 5.05. The molecule has 0 radical (unpaired) electrons.